The fraction of sp³-hybridized carbons (Fsp3) is 0.364. The standard InChI is InChI=1S/C11H14FNO2/c1-3-13(4-2)10-8(11(14)15)6-5-7-9(10)12/h5-7H,3-4H2,1-2H3,(H,14,15). The van der Waals surface area contributed by atoms with E-state index in [1.807, 2.05) is 13.8 Å². The van der Waals surface area contributed by atoms with E-state index in [4.69, 9.17) is 5.11 Å². The molecule has 0 bridgehead atoms. The molecule has 3 nitrogen and oxygen atoms in total. The van der Waals surface area contributed by atoms with E-state index in [-0.39, 0.29) is 11.3 Å². The summed E-state index contributed by atoms with van der Waals surface area (Å²) in [4.78, 5) is 12.6. The molecule has 1 N–H and O–H groups in total. The van der Waals surface area contributed by atoms with Gasteiger partial charge >= 0.3 is 5.97 Å². The van der Waals surface area contributed by atoms with Crippen molar-refractivity contribution in [2.45, 2.75) is 13.8 Å². The Morgan fingerprint density at radius 3 is 2.47 bits per heavy atom. The number of carboxylic acids is 1. The Morgan fingerprint density at radius 1 is 1.40 bits per heavy atom. The average molecular weight is 211 g/mol. The van der Waals surface area contributed by atoms with E-state index in [0.717, 1.165) is 0 Å². The van der Waals surface area contributed by atoms with Crippen LogP contribution in [-0.2, 0) is 0 Å². The Bertz CT molecular complexity index is 362. The van der Waals surface area contributed by atoms with E-state index in [9.17, 15) is 9.18 Å². The van der Waals surface area contributed by atoms with E-state index in [2.05, 4.69) is 0 Å². The topological polar surface area (TPSA) is 40.5 Å². The Morgan fingerprint density at radius 2 is 2.00 bits per heavy atom. The second-order valence-corrected chi connectivity index (χ2v) is 3.11. The fourth-order valence-electron chi connectivity index (χ4n) is 1.55. The molecule has 15 heavy (non-hydrogen) atoms. The van der Waals surface area contributed by atoms with Crippen LogP contribution in [0, 0.1) is 5.82 Å². The van der Waals surface area contributed by atoms with Gasteiger partial charge in [-0.2, -0.15) is 0 Å². The highest BCUT2D eigenvalue weighted by Gasteiger charge is 2.17. The number of hydrogen-bond donors (Lipinski definition) is 1. The van der Waals surface area contributed by atoms with Gasteiger partial charge in [0, 0.05) is 13.1 Å². The van der Waals surface area contributed by atoms with Gasteiger partial charge in [-0.05, 0) is 26.0 Å². The molecule has 0 fully saturated rings. The number of para-hydroxylation sites is 1. The third-order valence-corrected chi connectivity index (χ3v) is 2.30. The number of hydrogen-bond acceptors (Lipinski definition) is 2. The maximum absolute atomic E-state index is 13.5. The van der Waals surface area contributed by atoms with Crippen LogP contribution < -0.4 is 4.90 Å². The molecule has 0 spiro atoms. The molecule has 1 rings (SSSR count). The third-order valence-electron chi connectivity index (χ3n) is 2.30. The van der Waals surface area contributed by atoms with Gasteiger partial charge in [0.25, 0.3) is 0 Å². The SMILES string of the molecule is CCN(CC)c1c(F)cccc1C(=O)O. The van der Waals surface area contributed by atoms with Crippen LogP contribution in [0.3, 0.4) is 0 Å². The summed E-state index contributed by atoms with van der Waals surface area (Å²) in [5.74, 6) is -1.59. The van der Waals surface area contributed by atoms with Crippen LogP contribution >= 0.6 is 0 Å². The molecule has 1 aromatic rings. The van der Waals surface area contributed by atoms with E-state index in [0.29, 0.717) is 13.1 Å². The largest absolute Gasteiger partial charge is 0.478 e. The highest BCUT2D eigenvalue weighted by molar-refractivity contribution is 5.94. The van der Waals surface area contributed by atoms with Crippen LogP contribution in [-0.4, -0.2) is 24.2 Å². The highest BCUT2D eigenvalue weighted by atomic mass is 19.1. The van der Waals surface area contributed by atoms with E-state index in [1.54, 1.807) is 4.90 Å². The quantitative estimate of drug-likeness (QED) is 0.831. The molecule has 0 amide bonds. The maximum atomic E-state index is 13.5. The zero-order valence-corrected chi connectivity index (χ0v) is 8.83. The number of benzene rings is 1. The molecular weight excluding hydrogens is 197 g/mol. The zero-order chi connectivity index (χ0) is 11.4. The minimum atomic E-state index is -1.10. The molecule has 0 aromatic heterocycles. The molecule has 0 heterocycles. The molecule has 0 saturated carbocycles. The van der Waals surface area contributed by atoms with Crippen molar-refractivity contribution in [3.8, 4) is 0 Å². The monoisotopic (exact) mass is 211 g/mol. The number of halogens is 1. The highest BCUT2D eigenvalue weighted by Crippen LogP contribution is 2.24. The van der Waals surface area contributed by atoms with Gasteiger partial charge in [-0.15, -0.1) is 0 Å². The maximum Gasteiger partial charge on any atom is 0.337 e. The summed E-state index contributed by atoms with van der Waals surface area (Å²) < 4.78 is 13.5. The third kappa shape index (κ3) is 2.26. The van der Waals surface area contributed by atoms with Crippen molar-refractivity contribution in [2.24, 2.45) is 0 Å². The summed E-state index contributed by atoms with van der Waals surface area (Å²) in [6.07, 6.45) is 0. The molecule has 0 unspecified atom stereocenters. The predicted octanol–water partition coefficient (Wildman–Crippen LogP) is 2.37. The second kappa shape index (κ2) is 4.77. The summed E-state index contributed by atoms with van der Waals surface area (Å²) in [6.45, 7) is 4.89. The first-order valence-corrected chi connectivity index (χ1v) is 4.88. The van der Waals surface area contributed by atoms with Crippen molar-refractivity contribution < 1.29 is 14.3 Å². The molecule has 0 saturated heterocycles. The predicted molar refractivity (Wildman–Crippen MR) is 56.9 cm³/mol. The first-order valence-electron chi connectivity index (χ1n) is 4.88. The summed E-state index contributed by atoms with van der Waals surface area (Å²) in [5.41, 5.74) is 0.189. The summed E-state index contributed by atoms with van der Waals surface area (Å²) in [7, 11) is 0. The lowest BCUT2D eigenvalue weighted by atomic mass is 10.1. The Hall–Kier alpha value is -1.58. The molecule has 4 heteroatoms. The lowest BCUT2D eigenvalue weighted by Gasteiger charge is -2.23. The van der Waals surface area contributed by atoms with Crippen molar-refractivity contribution in [3.05, 3.63) is 29.6 Å². The summed E-state index contributed by atoms with van der Waals surface area (Å²) >= 11 is 0. The molecule has 0 radical (unpaired) electrons. The average Bonchev–Trinajstić information content (AvgIpc) is 2.21. The van der Waals surface area contributed by atoms with Gasteiger partial charge in [-0.1, -0.05) is 6.07 Å². The normalized spacial score (nSPS) is 10.1. The number of carbonyl (C=O) groups is 1. The van der Waals surface area contributed by atoms with Crippen LogP contribution in [0.15, 0.2) is 18.2 Å². The first-order chi connectivity index (χ1) is 7.11. The van der Waals surface area contributed by atoms with Crippen LogP contribution in [0.25, 0.3) is 0 Å². The summed E-state index contributed by atoms with van der Waals surface area (Å²) in [5, 5.41) is 8.94. The Labute approximate surface area is 88.1 Å². The van der Waals surface area contributed by atoms with Gasteiger partial charge in [0.15, 0.2) is 0 Å². The number of nitrogens with zero attached hydrogens (tertiary/aromatic N) is 1. The van der Waals surface area contributed by atoms with Crippen LogP contribution in [0.2, 0.25) is 0 Å². The number of aromatic carboxylic acids is 1. The molecule has 0 aliphatic rings. The van der Waals surface area contributed by atoms with Crippen LogP contribution in [0.4, 0.5) is 10.1 Å². The van der Waals surface area contributed by atoms with Gasteiger partial charge < -0.3 is 10.0 Å². The van der Waals surface area contributed by atoms with Gasteiger partial charge in [-0.3, -0.25) is 0 Å². The molecule has 0 aliphatic carbocycles. The molecular formula is C11H14FNO2. The first kappa shape index (κ1) is 11.5. The number of carboxylic acid groups (broad SMARTS) is 1. The minimum Gasteiger partial charge on any atom is -0.478 e. The second-order valence-electron chi connectivity index (χ2n) is 3.11. The van der Waals surface area contributed by atoms with Gasteiger partial charge in [0.1, 0.15) is 5.82 Å². The van der Waals surface area contributed by atoms with Gasteiger partial charge in [0.2, 0.25) is 0 Å². The minimum absolute atomic E-state index is 0.0127. The lowest BCUT2D eigenvalue weighted by Crippen LogP contribution is -2.25. The Balaban J connectivity index is 3.29. The Kier molecular flexibility index (Phi) is 3.66. The molecule has 0 aliphatic heterocycles. The van der Waals surface area contributed by atoms with E-state index >= 15 is 0 Å². The van der Waals surface area contributed by atoms with Crippen molar-refractivity contribution in [1.82, 2.24) is 0 Å². The van der Waals surface area contributed by atoms with Crippen molar-refractivity contribution >= 4 is 11.7 Å². The van der Waals surface area contributed by atoms with Crippen LogP contribution in [0.5, 0.6) is 0 Å². The van der Waals surface area contributed by atoms with Crippen molar-refractivity contribution in [2.75, 3.05) is 18.0 Å². The number of rotatable bonds is 4. The van der Waals surface area contributed by atoms with Crippen molar-refractivity contribution in [3.63, 3.8) is 0 Å². The van der Waals surface area contributed by atoms with Gasteiger partial charge in [0.05, 0.1) is 11.3 Å². The zero-order valence-electron chi connectivity index (χ0n) is 8.83. The summed E-state index contributed by atoms with van der Waals surface area (Å²) in [6, 6.07) is 4.10. The smallest absolute Gasteiger partial charge is 0.337 e. The van der Waals surface area contributed by atoms with E-state index < -0.39 is 11.8 Å². The fourth-order valence-corrected chi connectivity index (χ4v) is 1.55. The van der Waals surface area contributed by atoms with Crippen molar-refractivity contribution in [1.29, 1.82) is 0 Å². The number of anilines is 1. The lowest BCUT2D eigenvalue weighted by molar-refractivity contribution is 0.0697. The van der Waals surface area contributed by atoms with E-state index in [1.165, 1.54) is 18.2 Å². The molecule has 1 aromatic carbocycles. The molecule has 0 atom stereocenters. The van der Waals surface area contributed by atoms with Gasteiger partial charge in [-0.25, -0.2) is 9.18 Å². The molecule has 82 valence electrons. The van der Waals surface area contributed by atoms with Crippen LogP contribution in [0.1, 0.15) is 24.2 Å².